The van der Waals surface area contributed by atoms with E-state index in [0.29, 0.717) is 0 Å². The van der Waals surface area contributed by atoms with Crippen molar-refractivity contribution in [3.63, 3.8) is 0 Å². The number of rotatable bonds is 8. The summed E-state index contributed by atoms with van der Waals surface area (Å²) in [4.78, 5) is 12.0. The van der Waals surface area contributed by atoms with E-state index in [4.69, 9.17) is 9.47 Å². The number of ether oxygens (including phenoxy) is 2. The summed E-state index contributed by atoms with van der Waals surface area (Å²) >= 11 is 0. The van der Waals surface area contributed by atoms with E-state index in [1.165, 1.54) is 43.5 Å². The first-order valence-electron chi connectivity index (χ1n) is 8.91. The number of hydrogen-bond donors (Lipinski definition) is 2. The third-order valence-corrected chi connectivity index (χ3v) is 5.40. The number of carbonyl (C=O) groups excluding carboxylic acids is 1. The van der Waals surface area contributed by atoms with Crippen molar-refractivity contribution >= 4 is 27.3 Å². The number of hydrogen-bond acceptors (Lipinski definition) is 5. The van der Waals surface area contributed by atoms with Crippen LogP contribution in [0.2, 0.25) is 0 Å². The van der Waals surface area contributed by atoms with Crippen molar-refractivity contribution < 1.29 is 31.5 Å². The number of carbonyl (C=O) groups is 1. The van der Waals surface area contributed by atoms with Crippen molar-refractivity contribution in [1.82, 2.24) is 0 Å². The number of benzene rings is 3. The largest absolute Gasteiger partial charge is 0.495 e. The van der Waals surface area contributed by atoms with E-state index in [0.717, 1.165) is 30.3 Å². The van der Waals surface area contributed by atoms with Gasteiger partial charge in [0.05, 0.1) is 17.7 Å². The lowest BCUT2D eigenvalue weighted by atomic mass is 10.2. The van der Waals surface area contributed by atoms with Crippen LogP contribution in [0.25, 0.3) is 0 Å². The molecule has 0 bridgehead atoms. The molecule has 0 unspecified atom stereocenters. The maximum atomic E-state index is 13.2. The second-order valence-corrected chi connectivity index (χ2v) is 7.95. The Balaban J connectivity index is 1.72. The van der Waals surface area contributed by atoms with Crippen LogP contribution in [0.1, 0.15) is 0 Å². The van der Waals surface area contributed by atoms with E-state index in [-0.39, 0.29) is 34.4 Å². The number of sulfonamides is 1. The molecule has 7 nitrogen and oxygen atoms in total. The molecule has 0 spiro atoms. The van der Waals surface area contributed by atoms with Crippen molar-refractivity contribution in [3.05, 3.63) is 78.4 Å². The van der Waals surface area contributed by atoms with Crippen LogP contribution in [0.4, 0.5) is 20.2 Å². The zero-order chi connectivity index (χ0) is 22.4. The van der Waals surface area contributed by atoms with Gasteiger partial charge in [0.15, 0.2) is 6.61 Å². The molecule has 0 fully saturated rings. The summed E-state index contributed by atoms with van der Waals surface area (Å²) in [6.07, 6.45) is 0. The Labute approximate surface area is 177 Å². The molecule has 2 N–H and O–H groups in total. The summed E-state index contributed by atoms with van der Waals surface area (Å²) in [6.45, 7) is -0.383. The number of amides is 1. The lowest BCUT2D eigenvalue weighted by Crippen LogP contribution is -2.20. The predicted octanol–water partition coefficient (Wildman–Crippen LogP) is 3.79. The van der Waals surface area contributed by atoms with Gasteiger partial charge in [-0.1, -0.05) is 6.07 Å². The standard InChI is InChI=1S/C21H18F2N2O5S/c1-29-20-10-7-16(24-21(26)13-30-17-4-2-3-15(23)11-17)12-19(20)25-31(27,28)18-8-5-14(22)6-9-18/h2-12,25H,13H2,1H3,(H,24,26). The van der Waals surface area contributed by atoms with Gasteiger partial charge >= 0.3 is 0 Å². The van der Waals surface area contributed by atoms with Gasteiger partial charge < -0.3 is 14.8 Å². The van der Waals surface area contributed by atoms with Crippen molar-refractivity contribution in [2.24, 2.45) is 0 Å². The highest BCUT2D eigenvalue weighted by atomic mass is 32.2. The van der Waals surface area contributed by atoms with E-state index in [2.05, 4.69) is 10.0 Å². The summed E-state index contributed by atoms with van der Waals surface area (Å²) in [5.41, 5.74) is 0.334. The summed E-state index contributed by atoms with van der Waals surface area (Å²) in [6, 6.07) is 14.0. The highest BCUT2D eigenvalue weighted by Gasteiger charge is 2.17. The lowest BCUT2D eigenvalue weighted by molar-refractivity contribution is -0.118. The molecule has 0 aliphatic heterocycles. The third-order valence-electron chi connectivity index (χ3n) is 4.02. The van der Waals surface area contributed by atoms with E-state index in [1.54, 1.807) is 0 Å². The van der Waals surface area contributed by atoms with Gasteiger partial charge in [0.2, 0.25) is 0 Å². The van der Waals surface area contributed by atoms with Crippen LogP contribution in [0.5, 0.6) is 11.5 Å². The zero-order valence-electron chi connectivity index (χ0n) is 16.3. The molecule has 0 saturated heterocycles. The molecule has 0 aromatic heterocycles. The topological polar surface area (TPSA) is 93.7 Å². The average Bonchev–Trinajstić information content (AvgIpc) is 2.73. The van der Waals surface area contributed by atoms with Gasteiger partial charge in [0, 0.05) is 11.8 Å². The highest BCUT2D eigenvalue weighted by Crippen LogP contribution is 2.30. The number of nitrogens with one attached hydrogen (secondary N) is 2. The molecule has 1 amide bonds. The van der Waals surface area contributed by atoms with Gasteiger partial charge in [-0.25, -0.2) is 17.2 Å². The van der Waals surface area contributed by atoms with E-state index in [9.17, 15) is 22.0 Å². The maximum absolute atomic E-state index is 13.2. The van der Waals surface area contributed by atoms with Gasteiger partial charge in [-0.15, -0.1) is 0 Å². The van der Waals surface area contributed by atoms with Gasteiger partial charge in [-0.2, -0.15) is 0 Å². The first-order chi connectivity index (χ1) is 14.8. The smallest absolute Gasteiger partial charge is 0.262 e. The molecule has 0 heterocycles. The second-order valence-electron chi connectivity index (χ2n) is 6.27. The highest BCUT2D eigenvalue weighted by molar-refractivity contribution is 7.92. The molecule has 31 heavy (non-hydrogen) atoms. The minimum Gasteiger partial charge on any atom is -0.495 e. The Morgan fingerprint density at radius 2 is 1.71 bits per heavy atom. The quantitative estimate of drug-likeness (QED) is 0.547. The van der Waals surface area contributed by atoms with E-state index in [1.807, 2.05) is 0 Å². The number of methoxy groups -OCH3 is 1. The Bertz CT molecular complexity index is 1180. The molecule has 3 rings (SSSR count). The Morgan fingerprint density at radius 3 is 2.39 bits per heavy atom. The molecule has 3 aromatic rings. The van der Waals surface area contributed by atoms with Gasteiger partial charge in [0.1, 0.15) is 23.1 Å². The fourth-order valence-electron chi connectivity index (χ4n) is 2.59. The van der Waals surface area contributed by atoms with E-state index < -0.39 is 27.6 Å². The van der Waals surface area contributed by atoms with Crippen LogP contribution in [-0.2, 0) is 14.8 Å². The Hall–Kier alpha value is -3.66. The van der Waals surface area contributed by atoms with Crippen LogP contribution >= 0.6 is 0 Å². The Morgan fingerprint density at radius 1 is 0.968 bits per heavy atom. The maximum Gasteiger partial charge on any atom is 0.262 e. The van der Waals surface area contributed by atoms with Crippen LogP contribution in [0, 0.1) is 11.6 Å². The average molecular weight is 448 g/mol. The van der Waals surface area contributed by atoms with Crippen molar-refractivity contribution in [1.29, 1.82) is 0 Å². The normalized spacial score (nSPS) is 10.9. The first kappa shape index (κ1) is 22.0. The van der Waals surface area contributed by atoms with Gasteiger partial charge in [-0.3, -0.25) is 9.52 Å². The summed E-state index contributed by atoms with van der Waals surface area (Å²) < 4.78 is 64.1. The molecule has 162 valence electrons. The minimum atomic E-state index is -4.03. The molecule has 3 aromatic carbocycles. The molecule has 0 radical (unpaired) electrons. The molecule has 0 aliphatic rings. The zero-order valence-corrected chi connectivity index (χ0v) is 17.1. The first-order valence-corrected chi connectivity index (χ1v) is 10.4. The predicted molar refractivity (Wildman–Crippen MR) is 111 cm³/mol. The molecule has 0 aliphatic carbocycles. The summed E-state index contributed by atoms with van der Waals surface area (Å²) in [7, 11) is -2.67. The second kappa shape index (κ2) is 9.43. The third kappa shape index (κ3) is 5.92. The fourth-order valence-corrected chi connectivity index (χ4v) is 3.65. The lowest BCUT2D eigenvalue weighted by Gasteiger charge is -2.14. The van der Waals surface area contributed by atoms with Crippen molar-refractivity contribution in [2.45, 2.75) is 4.90 Å². The Kier molecular flexibility index (Phi) is 6.71. The van der Waals surface area contributed by atoms with Crippen molar-refractivity contribution in [2.75, 3.05) is 23.8 Å². The summed E-state index contributed by atoms with van der Waals surface area (Å²) in [5, 5.41) is 2.55. The fraction of sp³-hybridized carbons (Fsp3) is 0.0952. The molecule has 0 saturated carbocycles. The van der Waals surface area contributed by atoms with Crippen LogP contribution in [-0.4, -0.2) is 28.0 Å². The van der Waals surface area contributed by atoms with Crippen LogP contribution in [0.15, 0.2) is 71.6 Å². The molecular formula is C21H18F2N2O5S. The van der Waals surface area contributed by atoms with Crippen molar-refractivity contribution in [3.8, 4) is 11.5 Å². The molecule has 0 atom stereocenters. The summed E-state index contributed by atoms with van der Waals surface area (Å²) in [5.74, 6) is -1.20. The monoisotopic (exact) mass is 448 g/mol. The molecular weight excluding hydrogens is 430 g/mol. The van der Waals surface area contributed by atoms with Crippen LogP contribution < -0.4 is 19.5 Å². The van der Waals surface area contributed by atoms with Gasteiger partial charge in [0.25, 0.3) is 15.9 Å². The SMILES string of the molecule is COc1ccc(NC(=O)COc2cccc(F)c2)cc1NS(=O)(=O)c1ccc(F)cc1. The van der Waals surface area contributed by atoms with Gasteiger partial charge in [-0.05, 0) is 54.6 Å². The van der Waals surface area contributed by atoms with E-state index >= 15 is 0 Å². The number of anilines is 2. The minimum absolute atomic E-state index is 0.0654. The van der Waals surface area contributed by atoms with Crippen LogP contribution in [0.3, 0.4) is 0 Å². The number of halogens is 2. The molecule has 10 heteroatoms.